The van der Waals surface area contributed by atoms with E-state index < -0.39 is 35.3 Å². The Bertz CT molecular complexity index is 605. The average Bonchev–Trinajstić information content (AvgIpc) is 3.03. The van der Waals surface area contributed by atoms with E-state index in [1.54, 1.807) is 0 Å². The molecule has 2 aliphatic rings. The van der Waals surface area contributed by atoms with Gasteiger partial charge in [0, 0.05) is 6.07 Å². The molecule has 6 heteroatoms. The molecule has 4 atom stereocenters. The molecule has 0 spiro atoms. The van der Waals surface area contributed by atoms with Crippen molar-refractivity contribution >= 4 is 17.6 Å². The van der Waals surface area contributed by atoms with Gasteiger partial charge in [-0.3, -0.25) is 9.59 Å². The molecule has 1 aromatic carbocycles. The highest BCUT2D eigenvalue weighted by Crippen LogP contribution is 2.52. The summed E-state index contributed by atoms with van der Waals surface area (Å²) < 4.78 is 26.7. The third kappa shape index (κ3) is 2.39. The summed E-state index contributed by atoms with van der Waals surface area (Å²) in [6.07, 6.45) is 2.36. The molecule has 2 bridgehead atoms. The third-order valence-corrected chi connectivity index (χ3v) is 4.69. The van der Waals surface area contributed by atoms with E-state index in [0.29, 0.717) is 0 Å². The highest BCUT2D eigenvalue weighted by atomic mass is 19.1. The van der Waals surface area contributed by atoms with E-state index in [1.807, 2.05) is 0 Å². The molecule has 2 saturated carbocycles. The summed E-state index contributed by atoms with van der Waals surface area (Å²) in [5.74, 6) is -4.26. The number of carbonyl (C=O) groups excluding carboxylic acids is 1. The zero-order valence-electron chi connectivity index (χ0n) is 11.2. The molecule has 2 N–H and O–H groups in total. The van der Waals surface area contributed by atoms with Crippen molar-refractivity contribution in [1.82, 2.24) is 0 Å². The smallest absolute Gasteiger partial charge is 0.307 e. The first-order valence-corrected chi connectivity index (χ1v) is 6.96. The summed E-state index contributed by atoms with van der Waals surface area (Å²) in [7, 11) is 0. The van der Waals surface area contributed by atoms with Crippen LogP contribution in [0.4, 0.5) is 14.5 Å². The molecular weight excluding hydrogens is 280 g/mol. The van der Waals surface area contributed by atoms with Crippen LogP contribution in [0.5, 0.6) is 0 Å². The summed E-state index contributed by atoms with van der Waals surface area (Å²) in [5, 5.41) is 11.7. The second kappa shape index (κ2) is 5.09. The summed E-state index contributed by atoms with van der Waals surface area (Å²) in [4.78, 5) is 23.7. The number of carboxylic acids is 1. The number of carboxylic acid groups (broad SMARTS) is 1. The molecular formula is C15H15F2NO3. The highest BCUT2D eigenvalue weighted by molar-refractivity contribution is 5.96. The van der Waals surface area contributed by atoms with Crippen molar-refractivity contribution in [2.75, 3.05) is 5.32 Å². The Morgan fingerprint density at radius 1 is 1.14 bits per heavy atom. The lowest BCUT2D eigenvalue weighted by Crippen LogP contribution is -2.38. The van der Waals surface area contributed by atoms with Crippen molar-refractivity contribution in [3.05, 3.63) is 29.8 Å². The normalized spacial score (nSPS) is 30.4. The van der Waals surface area contributed by atoms with Gasteiger partial charge in [-0.05, 0) is 43.2 Å². The number of amides is 1. The Labute approximate surface area is 120 Å². The second-order valence-corrected chi connectivity index (χ2v) is 5.84. The largest absolute Gasteiger partial charge is 0.481 e. The highest BCUT2D eigenvalue weighted by Gasteiger charge is 2.54. The minimum Gasteiger partial charge on any atom is -0.481 e. The fourth-order valence-electron chi connectivity index (χ4n) is 3.83. The van der Waals surface area contributed by atoms with Crippen LogP contribution in [0.3, 0.4) is 0 Å². The van der Waals surface area contributed by atoms with Gasteiger partial charge in [-0.1, -0.05) is 0 Å². The lowest BCUT2D eigenvalue weighted by atomic mass is 9.78. The number of hydrogen-bond donors (Lipinski definition) is 2. The van der Waals surface area contributed by atoms with E-state index in [-0.39, 0.29) is 17.5 Å². The molecule has 0 radical (unpaired) electrons. The predicted octanol–water partition coefficient (Wildman–Crippen LogP) is 2.65. The van der Waals surface area contributed by atoms with E-state index in [1.165, 1.54) is 0 Å². The first-order chi connectivity index (χ1) is 9.97. The van der Waals surface area contributed by atoms with Crippen molar-refractivity contribution in [3.8, 4) is 0 Å². The zero-order chi connectivity index (χ0) is 15.1. The van der Waals surface area contributed by atoms with Crippen molar-refractivity contribution in [2.45, 2.75) is 19.3 Å². The van der Waals surface area contributed by atoms with Crippen LogP contribution in [0, 0.1) is 35.3 Å². The van der Waals surface area contributed by atoms with Crippen LogP contribution in [0.15, 0.2) is 18.2 Å². The number of nitrogens with one attached hydrogen (secondary N) is 1. The molecule has 0 saturated heterocycles. The maximum Gasteiger partial charge on any atom is 0.307 e. The van der Waals surface area contributed by atoms with Crippen molar-refractivity contribution in [1.29, 1.82) is 0 Å². The van der Waals surface area contributed by atoms with Crippen molar-refractivity contribution in [3.63, 3.8) is 0 Å². The van der Waals surface area contributed by atoms with Gasteiger partial charge in [0.15, 0.2) is 0 Å². The van der Waals surface area contributed by atoms with E-state index in [9.17, 15) is 23.5 Å². The lowest BCUT2D eigenvalue weighted by molar-refractivity contribution is -0.148. The predicted molar refractivity (Wildman–Crippen MR) is 70.4 cm³/mol. The molecule has 0 heterocycles. The number of carbonyl (C=O) groups is 2. The number of rotatable bonds is 3. The number of anilines is 1. The lowest BCUT2D eigenvalue weighted by Gasteiger charge is -2.27. The van der Waals surface area contributed by atoms with Crippen LogP contribution >= 0.6 is 0 Å². The Morgan fingerprint density at radius 3 is 2.48 bits per heavy atom. The van der Waals surface area contributed by atoms with Gasteiger partial charge in [-0.15, -0.1) is 0 Å². The van der Waals surface area contributed by atoms with Gasteiger partial charge in [-0.2, -0.15) is 0 Å². The first-order valence-electron chi connectivity index (χ1n) is 6.96. The van der Waals surface area contributed by atoms with E-state index in [0.717, 1.165) is 37.5 Å². The van der Waals surface area contributed by atoms with Gasteiger partial charge in [0.2, 0.25) is 5.91 Å². The van der Waals surface area contributed by atoms with E-state index in [4.69, 9.17) is 0 Å². The number of hydrogen-bond acceptors (Lipinski definition) is 2. The Morgan fingerprint density at radius 2 is 1.81 bits per heavy atom. The first kappa shape index (κ1) is 14.0. The third-order valence-electron chi connectivity index (χ3n) is 4.69. The molecule has 21 heavy (non-hydrogen) atoms. The van der Waals surface area contributed by atoms with Gasteiger partial charge in [0.1, 0.15) is 11.6 Å². The van der Waals surface area contributed by atoms with Crippen LogP contribution in [-0.2, 0) is 9.59 Å². The number of benzene rings is 1. The van der Waals surface area contributed by atoms with Crippen LogP contribution < -0.4 is 5.32 Å². The molecule has 0 aliphatic heterocycles. The van der Waals surface area contributed by atoms with E-state index >= 15 is 0 Å². The fourth-order valence-corrected chi connectivity index (χ4v) is 3.83. The van der Waals surface area contributed by atoms with Crippen molar-refractivity contribution < 1.29 is 23.5 Å². The monoisotopic (exact) mass is 295 g/mol. The van der Waals surface area contributed by atoms with Gasteiger partial charge in [0.25, 0.3) is 0 Å². The van der Waals surface area contributed by atoms with Crippen LogP contribution in [-0.4, -0.2) is 17.0 Å². The minimum atomic E-state index is -0.984. The Hall–Kier alpha value is -1.98. The van der Waals surface area contributed by atoms with Gasteiger partial charge >= 0.3 is 5.97 Å². The molecule has 112 valence electrons. The second-order valence-electron chi connectivity index (χ2n) is 5.84. The topological polar surface area (TPSA) is 66.4 Å². The Balaban J connectivity index is 1.81. The SMILES string of the molecule is O=C(Nc1cc(F)ccc1F)[C@@H]1[C@@H]2CC[C@@H](C2)[C@@H]1C(=O)O. The summed E-state index contributed by atoms with van der Waals surface area (Å²) in [5.41, 5.74) is -0.244. The minimum absolute atomic E-state index is 0.0145. The number of aliphatic carboxylic acids is 1. The average molecular weight is 295 g/mol. The fraction of sp³-hybridized carbons (Fsp3) is 0.467. The molecule has 1 amide bonds. The van der Waals surface area contributed by atoms with Gasteiger partial charge in [0.05, 0.1) is 17.5 Å². The summed E-state index contributed by atoms with van der Waals surface area (Å²) in [6.45, 7) is 0. The van der Waals surface area contributed by atoms with Gasteiger partial charge in [-0.25, -0.2) is 8.78 Å². The number of halogens is 2. The van der Waals surface area contributed by atoms with Crippen LogP contribution in [0.1, 0.15) is 19.3 Å². The van der Waals surface area contributed by atoms with Crippen LogP contribution in [0.25, 0.3) is 0 Å². The van der Waals surface area contributed by atoms with Gasteiger partial charge < -0.3 is 10.4 Å². The zero-order valence-corrected chi connectivity index (χ0v) is 11.2. The quantitative estimate of drug-likeness (QED) is 0.901. The molecule has 4 nitrogen and oxygen atoms in total. The molecule has 1 aromatic rings. The summed E-state index contributed by atoms with van der Waals surface area (Å²) >= 11 is 0. The summed E-state index contributed by atoms with van der Waals surface area (Å²) in [6, 6.07) is 2.79. The molecule has 2 aliphatic carbocycles. The van der Waals surface area contributed by atoms with Crippen LogP contribution in [0.2, 0.25) is 0 Å². The molecule has 2 fully saturated rings. The molecule has 3 rings (SSSR count). The molecule has 0 unspecified atom stereocenters. The molecule has 0 aromatic heterocycles. The Kier molecular flexibility index (Phi) is 3.39. The standard InChI is InChI=1S/C15H15F2NO3/c16-9-3-4-10(17)11(6-9)18-14(19)12-7-1-2-8(5-7)13(12)15(20)21/h3-4,6-8,12-13H,1-2,5H2,(H,18,19)(H,20,21)/t7-,8+,12-,13+/m1/s1. The van der Waals surface area contributed by atoms with E-state index in [2.05, 4.69) is 5.32 Å². The van der Waals surface area contributed by atoms with Crippen molar-refractivity contribution in [2.24, 2.45) is 23.7 Å². The number of fused-ring (bicyclic) bond motifs is 2. The maximum absolute atomic E-state index is 13.6. The maximum atomic E-state index is 13.6.